The van der Waals surface area contributed by atoms with Gasteiger partial charge in [0.25, 0.3) is 5.91 Å². The second kappa shape index (κ2) is 7.34. The van der Waals surface area contributed by atoms with Crippen molar-refractivity contribution in [3.8, 4) is 5.75 Å². The highest BCUT2D eigenvalue weighted by Crippen LogP contribution is 2.26. The molecule has 0 aromatic heterocycles. The number of ether oxygens (including phenoxy) is 1. The molecule has 3 rings (SSSR count). The van der Waals surface area contributed by atoms with Crippen molar-refractivity contribution < 1.29 is 9.53 Å². The maximum Gasteiger partial charge on any atom is 0.265 e. The zero-order valence-corrected chi connectivity index (χ0v) is 15.3. The van der Waals surface area contributed by atoms with Crippen LogP contribution in [0.2, 0.25) is 0 Å². The fraction of sp³-hybridized carbons (Fsp3) is 0.316. The quantitative estimate of drug-likeness (QED) is 0.735. The molecule has 0 bridgehead atoms. The first-order valence-corrected chi connectivity index (χ1v) is 9.04. The molecule has 0 spiro atoms. The number of nitrogens with one attached hydrogen (secondary N) is 1. The van der Waals surface area contributed by atoms with Crippen molar-refractivity contribution in [1.82, 2.24) is 0 Å². The molecule has 0 heterocycles. The van der Waals surface area contributed by atoms with E-state index in [1.54, 1.807) is 6.92 Å². The minimum atomic E-state index is -0.532. The molecule has 120 valence electrons. The highest BCUT2D eigenvalue weighted by atomic mass is 127. The van der Waals surface area contributed by atoms with Crippen molar-refractivity contribution >= 4 is 34.2 Å². The number of carbonyl (C=O) groups excluding carboxylic acids is 1. The predicted octanol–water partition coefficient (Wildman–Crippen LogP) is 4.58. The van der Waals surface area contributed by atoms with Crippen LogP contribution < -0.4 is 10.1 Å². The van der Waals surface area contributed by atoms with E-state index in [4.69, 9.17) is 4.74 Å². The zero-order valence-electron chi connectivity index (χ0n) is 13.1. The lowest BCUT2D eigenvalue weighted by atomic mass is 9.92. The molecule has 0 radical (unpaired) electrons. The van der Waals surface area contributed by atoms with Gasteiger partial charge in [-0.05, 0) is 103 Å². The average molecular weight is 421 g/mol. The highest BCUT2D eigenvalue weighted by molar-refractivity contribution is 14.1. The van der Waals surface area contributed by atoms with E-state index in [1.807, 2.05) is 30.3 Å². The fourth-order valence-corrected chi connectivity index (χ4v) is 3.18. The number of rotatable bonds is 4. The molecule has 0 saturated heterocycles. The topological polar surface area (TPSA) is 38.3 Å². The zero-order chi connectivity index (χ0) is 16.2. The van der Waals surface area contributed by atoms with Gasteiger partial charge >= 0.3 is 0 Å². The Morgan fingerprint density at radius 1 is 1.09 bits per heavy atom. The van der Waals surface area contributed by atoms with Crippen molar-refractivity contribution in [3.05, 3.63) is 57.2 Å². The first kappa shape index (κ1) is 16.3. The second-order valence-electron chi connectivity index (χ2n) is 5.89. The number of aryl methyl sites for hydroxylation is 2. The van der Waals surface area contributed by atoms with Crippen LogP contribution in [0.1, 0.15) is 30.9 Å². The van der Waals surface area contributed by atoms with Crippen molar-refractivity contribution in [1.29, 1.82) is 0 Å². The molecule has 4 heteroatoms. The summed E-state index contributed by atoms with van der Waals surface area (Å²) < 4.78 is 6.96. The lowest BCUT2D eigenvalue weighted by Gasteiger charge is -2.19. The van der Waals surface area contributed by atoms with Crippen LogP contribution in [-0.4, -0.2) is 12.0 Å². The van der Waals surface area contributed by atoms with Gasteiger partial charge < -0.3 is 10.1 Å². The molecule has 23 heavy (non-hydrogen) atoms. The molecule has 1 N–H and O–H groups in total. The van der Waals surface area contributed by atoms with Gasteiger partial charge in [-0.1, -0.05) is 6.07 Å². The number of anilines is 1. The third-order valence-electron chi connectivity index (χ3n) is 4.11. The van der Waals surface area contributed by atoms with Crippen molar-refractivity contribution in [2.24, 2.45) is 0 Å². The summed E-state index contributed by atoms with van der Waals surface area (Å²) in [6, 6.07) is 13.9. The van der Waals surface area contributed by atoms with Crippen LogP contribution in [0.25, 0.3) is 0 Å². The number of halogens is 1. The monoisotopic (exact) mass is 421 g/mol. The number of fused-ring (bicyclic) bond motifs is 1. The maximum atomic E-state index is 12.3. The first-order valence-electron chi connectivity index (χ1n) is 7.97. The van der Waals surface area contributed by atoms with E-state index in [-0.39, 0.29) is 5.91 Å². The van der Waals surface area contributed by atoms with Crippen LogP contribution in [0.3, 0.4) is 0 Å². The Balaban J connectivity index is 1.62. The molecule has 2 aromatic carbocycles. The smallest absolute Gasteiger partial charge is 0.265 e. The van der Waals surface area contributed by atoms with E-state index >= 15 is 0 Å². The predicted molar refractivity (Wildman–Crippen MR) is 101 cm³/mol. The number of amides is 1. The van der Waals surface area contributed by atoms with Crippen molar-refractivity contribution in [2.75, 3.05) is 5.32 Å². The normalized spacial score (nSPS) is 14.7. The Kier molecular flexibility index (Phi) is 5.20. The Bertz CT molecular complexity index is 697. The van der Waals surface area contributed by atoms with E-state index < -0.39 is 6.10 Å². The summed E-state index contributed by atoms with van der Waals surface area (Å²) in [5.41, 5.74) is 3.56. The molecule has 1 amide bonds. The van der Waals surface area contributed by atoms with Crippen LogP contribution >= 0.6 is 22.6 Å². The third kappa shape index (κ3) is 4.25. The van der Waals surface area contributed by atoms with Gasteiger partial charge in [-0.3, -0.25) is 4.79 Å². The van der Waals surface area contributed by atoms with Gasteiger partial charge in [0.15, 0.2) is 6.10 Å². The van der Waals surface area contributed by atoms with Crippen molar-refractivity contribution in [3.63, 3.8) is 0 Å². The van der Waals surface area contributed by atoms with Crippen LogP contribution in [0, 0.1) is 3.57 Å². The summed E-state index contributed by atoms with van der Waals surface area (Å²) in [6.07, 6.45) is 4.23. The van der Waals surface area contributed by atoms with Gasteiger partial charge in [-0.2, -0.15) is 0 Å². The third-order valence-corrected chi connectivity index (χ3v) is 4.83. The SMILES string of the molecule is CC(Oc1ccc2c(c1)CCCC2)C(=O)Nc1ccc(I)cc1. The number of hydrogen-bond donors (Lipinski definition) is 1. The average Bonchev–Trinajstić information content (AvgIpc) is 2.56. The van der Waals surface area contributed by atoms with E-state index in [2.05, 4.69) is 40.0 Å². The summed E-state index contributed by atoms with van der Waals surface area (Å²) in [6.45, 7) is 1.78. The summed E-state index contributed by atoms with van der Waals surface area (Å²) in [4.78, 5) is 12.3. The molecule has 2 aromatic rings. The minimum absolute atomic E-state index is 0.135. The van der Waals surface area contributed by atoms with Gasteiger partial charge in [0, 0.05) is 9.26 Å². The fourth-order valence-electron chi connectivity index (χ4n) is 2.82. The lowest BCUT2D eigenvalue weighted by Crippen LogP contribution is -2.30. The molecule has 3 nitrogen and oxygen atoms in total. The van der Waals surface area contributed by atoms with E-state index in [9.17, 15) is 4.79 Å². The van der Waals surface area contributed by atoms with Crippen LogP contribution in [-0.2, 0) is 17.6 Å². The Labute approximate surface area is 150 Å². The molecule has 1 atom stereocenters. The Hall–Kier alpha value is -1.56. The largest absolute Gasteiger partial charge is 0.481 e. The molecular weight excluding hydrogens is 401 g/mol. The highest BCUT2D eigenvalue weighted by Gasteiger charge is 2.16. The molecule has 1 aliphatic rings. The lowest BCUT2D eigenvalue weighted by molar-refractivity contribution is -0.122. The summed E-state index contributed by atoms with van der Waals surface area (Å²) in [7, 11) is 0. The second-order valence-corrected chi connectivity index (χ2v) is 7.14. The van der Waals surface area contributed by atoms with Crippen LogP contribution in [0.4, 0.5) is 5.69 Å². The Morgan fingerprint density at radius 2 is 1.78 bits per heavy atom. The van der Waals surface area contributed by atoms with Gasteiger partial charge in [0.2, 0.25) is 0 Å². The molecule has 0 fully saturated rings. The number of hydrogen-bond acceptors (Lipinski definition) is 2. The molecule has 0 saturated carbocycles. The molecule has 1 unspecified atom stereocenters. The molecule has 1 aliphatic carbocycles. The molecular formula is C19H20INO2. The summed E-state index contributed by atoms with van der Waals surface area (Å²) in [5, 5.41) is 2.88. The number of benzene rings is 2. The van der Waals surface area contributed by atoms with Crippen molar-refractivity contribution in [2.45, 2.75) is 38.7 Å². The molecule has 0 aliphatic heterocycles. The standard InChI is InChI=1S/C19H20INO2/c1-13(19(22)21-17-9-7-16(20)8-10-17)23-18-11-6-14-4-2-3-5-15(14)12-18/h6-13H,2-5H2,1H3,(H,21,22). The van der Waals surface area contributed by atoms with Gasteiger partial charge in [0.1, 0.15) is 5.75 Å². The Morgan fingerprint density at radius 3 is 2.52 bits per heavy atom. The van der Waals surface area contributed by atoms with Crippen LogP contribution in [0.5, 0.6) is 5.75 Å². The number of carbonyl (C=O) groups is 1. The minimum Gasteiger partial charge on any atom is -0.481 e. The van der Waals surface area contributed by atoms with E-state index in [0.29, 0.717) is 0 Å². The maximum absolute atomic E-state index is 12.3. The first-order chi connectivity index (χ1) is 11.1. The van der Waals surface area contributed by atoms with Gasteiger partial charge in [-0.15, -0.1) is 0 Å². The summed E-state index contributed by atoms with van der Waals surface area (Å²) >= 11 is 2.24. The van der Waals surface area contributed by atoms with Gasteiger partial charge in [0.05, 0.1) is 0 Å². The van der Waals surface area contributed by atoms with E-state index in [1.165, 1.54) is 24.0 Å². The van der Waals surface area contributed by atoms with E-state index in [0.717, 1.165) is 27.8 Å². The summed E-state index contributed by atoms with van der Waals surface area (Å²) in [5.74, 6) is 0.639. The van der Waals surface area contributed by atoms with Gasteiger partial charge in [-0.25, -0.2) is 0 Å². The van der Waals surface area contributed by atoms with Crippen LogP contribution in [0.15, 0.2) is 42.5 Å².